The van der Waals surface area contributed by atoms with Gasteiger partial charge in [-0.25, -0.2) is 0 Å². The molecule has 0 spiro atoms. The minimum atomic E-state index is -4.85. The van der Waals surface area contributed by atoms with Crippen LogP contribution in [-0.4, -0.2) is 11.2 Å². The fraction of sp³-hybridized carbons (Fsp3) is 0.600. The van der Waals surface area contributed by atoms with Crippen LogP contribution in [0.1, 0.15) is 49.4 Å². The standard InChI is InChI=1S/C15H19F6NO.ClH/c1-8(2)3-6-12(23)13(22)10-7-9(14(16,17)18)4-5-11(10)15(19,20)21;/h4-5,7-8,12-13,23H,3,6,22H2,1-2H3;1H/t12-,13+;/m0./s1. The summed E-state index contributed by atoms with van der Waals surface area (Å²) in [6.45, 7) is 3.70. The Bertz CT molecular complexity index is 530. The van der Waals surface area contributed by atoms with Crippen LogP contribution in [-0.2, 0) is 12.4 Å². The predicted octanol–water partition coefficient (Wildman–Crippen LogP) is 4.94. The third-order valence-corrected chi connectivity index (χ3v) is 3.50. The molecule has 140 valence electrons. The Morgan fingerprint density at radius 1 is 1.00 bits per heavy atom. The molecule has 3 N–H and O–H groups in total. The number of rotatable bonds is 5. The van der Waals surface area contributed by atoms with Gasteiger partial charge in [-0.3, -0.25) is 0 Å². The normalized spacial score (nSPS) is 15.1. The first kappa shape index (κ1) is 23.0. The zero-order chi connectivity index (χ0) is 18.0. The quantitative estimate of drug-likeness (QED) is 0.711. The van der Waals surface area contributed by atoms with Gasteiger partial charge in [0.15, 0.2) is 0 Å². The summed E-state index contributed by atoms with van der Waals surface area (Å²) >= 11 is 0. The lowest BCUT2D eigenvalue weighted by Gasteiger charge is -2.24. The first-order valence-electron chi connectivity index (χ1n) is 7.06. The molecule has 1 aromatic rings. The predicted molar refractivity (Wildman–Crippen MR) is 80.7 cm³/mol. The van der Waals surface area contributed by atoms with Gasteiger partial charge in [-0.1, -0.05) is 13.8 Å². The van der Waals surface area contributed by atoms with Gasteiger partial charge in [0.1, 0.15) is 0 Å². The van der Waals surface area contributed by atoms with Crippen LogP contribution in [0.4, 0.5) is 26.3 Å². The Morgan fingerprint density at radius 3 is 1.96 bits per heavy atom. The second-order valence-electron chi connectivity index (χ2n) is 5.86. The summed E-state index contributed by atoms with van der Waals surface area (Å²) in [4.78, 5) is 0. The van der Waals surface area contributed by atoms with Crippen molar-refractivity contribution in [3.8, 4) is 0 Å². The van der Waals surface area contributed by atoms with Gasteiger partial charge in [-0.15, -0.1) is 12.4 Å². The lowest BCUT2D eigenvalue weighted by molar-refractivity contribution is -0.142. The number of halogens is 7. The minimum absolute atomic E-state index is 0. The van der Waals surface area contributed by atoms with Crippen molar-refractivity contribution in [1.29, 1.82) is 0 Å². The Labute approximate surface area is 142 Å². The lowest BCUT2D eigenvalue weighted by atomic mass is 9.91. The summed E-state index contributed by atoms with van der Waals surface area (Å²) in [6, 6.07) is -0.466. The highest BCUT2D eigenvalue weighted by atomic mass is 35.5. The molecule has 2 atom stereocenters. The molecule has 0 aliphatic carbocycles. The maximum Gasteiger partial charge on any atom is 0.416 e. The SMILES string of the molecule is CC(C)CC[C@H](O)[C@H](N)c1cc(C(F)(F)F)ccc1C(F)(F)F.Cl. The van der Waals surface area contributed by atoms with E-state index in [0.717, 1.165) is 0 Å². The van der Waals surface area contributed by atoms with Crippen molar-refractivity contribution >= 4 is 12.4 Å². The summed E-state index contributed by atoms with van der Waals surface area (Å²) in [5.74, 6) is 0.181. The van der Waals surface area contributed by atoms with Crippen LogP contribution in [0.3, 0.4) is 0 Å². The summed E-state index contributed by atoms with van der Waals surface area (Å²) < 4.78 is 77.2. The van der Waals surface area contributed by atoms with Crippen LogP contribution in [0.15, 0.2) is 18.2 Å². The zero-order valence-electron chi connectivity index (χ0n) is 13.1. The molecule has 1 aromatic carbocycles. The number of hydrogen-bond donors (Lipinski definition) is 2. The van der Waals surface area contributed by atoms with Crippen LogP contribution in [0, 0.1) is 5.92 Å². The molecule has 2 nitrogen and oxygen atoms in total. The van der Waals surface area contributed by atoms with Crippen molar-refractivity contribution in [3.63, 3.8) is 0 Å². The van der Waals surface area contributed by atoms with Crippen molar-refractivity contribution in [2.24, 2.45) is 11.7 Å². The third-order valence-electron chi connectivity index (χ3n) is 3.50. The molecule has 0 radical (unpaired) electrons. The van der Waals surface area contributed by atoms with E-state index in [0.29, 0.717) is 24.6 Å². The number of nitrogens with two attached hydrogens (primary N) is 1. The van der Waals surface area contributed by atoms with Crippen LogP contribution in [0.5, 0.6) is 0 Å². The molecule has 0 aromatic heterocycles. The Hall–Kier alpha value is -0.990. The lowest BCUT2D eigenvalue weighted by Crippen LogP contribution is -2.29. The van der Waals surface area contributed by atoms with E-state index in [1.165, 1.54) is 0 Å². The van der Waals surface area contributed by atoms with E-state index >= 15 is 0 Å². The van der Waals surface area contributed by atoms with Gasteiger partial charge in [0.2, 0.25) is 0 Å². The molecule has 0 amide bonds. The second kappa shape index (κ2) is 8.40. The van der Waals surface area contributed by atoms with Gasteiger partial charge in [-0.05, 0) is 42.5 Å². The van der Waals surface area contributed by atoms with Crippen molar-refractivity contribution in [2.45, 2.75) is 51.2 Å². The minimum Gasteiger partial charge on any atom is -0.391 e. The second-order valence-corrected chi connectivity index (χ2v) is 5.86. The molecule has 9 heteroatoms. The molecule has 0 aliphatic rings. The number of hydrogen-bond acceptors (Lipinski definition) is 2. The van der Waals surface area contributed by atoms with Crippen molar-refractivity contribution in [3.05, 3.63) is 34.9 Å². The molecular weight excluding hydrogens is 360 g/mol. The summed E-state index contributed by atoms with van der Waals surface area (Å²) in [6.07, 6.45) is -10.4. The van der Waals surface area contributed by atoms with Gasteiger partial charge in [0.25, 0.3) is 0 Å². The number of benzene rings is 1. The first-order chi connectivity index (χ1) is 10.3. The molecule has 0 saturated carbocycles. The average Bonchev–Trinajstić information content (AvgIpc) is 2.41. The van der Waals surface area contributed by atoms with Crippen molar-refractivity contribution in [2.75, 3.05) is 0 Å². The van der Waals surface area contributed by atoms with Crippen molar-refractivity contribution in [1.82, 2.24) is 0 Å². The topological polar surface area (TPSA) is 46.2 Å². The van der Waals surface area contributed by atoms with E-state index in [1.807, 2.05) is 13.8 Å². The Balaban J connectivity index is 0.00000529. The molecule has 0 fully saturated rings. The fourth-order valence-corrected chi connectivity index (χ4v) is 2.16. The highest BCUT2D eigenvalue weighted by Gasteiger charge is 2.39. The van der Waals surface area contributed by atoms with E-state index in [-0.39, 0.29) is 24.7 Å². The van der Waals surface area contributed by atoms with Crippen molar-refractivity contribution < 1.29 is 31.4 Å². The third kappa shape index (κ3) is 6.14. The molecule has 24 heavy (non-hydrogen) atoms. The molecule has 1 rings (SSSR count). The van der Waals surface area contributed by atoms with Gasteiger partial charge in [0.05, 0.1) is 23.3 Å². The van der Waals surface area contributed by atoms with Crippen LogP contribution < -0.4 is 5.73 Å². The van der Waals surface area contributed by atoms with Gasteiger partial charge < -0.3 is 10.8 Å². The largest absolute Gasteiger partial charge is 0.416 e. The Morgan fingerprint density at radius 2 is 1.54 bits per heavy atom. The molecule has 0 heterocycles. The number of aliphatic hydroxyl groups excluding tert-OH is 1. The van der Waals surface area contributed by atoms with Crippen LogP contribution >= 0.6 is 12.4 Å². The maximum atomic E-state index is 13.0. The van der Waals surface area contributed by atoms with Gasteiger partial charge in [-0.2, -0.15) is 26.3 Å². The van der Waals surface area contributed by atoms with Gasteiger partial charge in [0, 0.05) is 0 Å². The zero-order valence-corrected chi connectivity index (χ0v) is 13.9. The van der Waals surface area contributed by atoms with Crippen LogP contribution in [0.2, 0.25) is 0 Å². The Kier molecular flexibility index (Phi) is 8.05. The number of aliphatic hydroxyl groups is 1. The average molecular weight is 380 g/mol. The van der Waals surface area contributed by atoms with E-state index < -0.39 is 41.2 Å². The highest BCUT2D eigenvalue weighted by molar-refractivity contribution is 5.85. The molecule has 0 saturated heterocycles. The van der Waals surface area contributed by atoms with Gasteiger partial charge >= 0.3 is 12.4 Å². The smallest absolute Gasteiger partial charge is 0.391 e. The first-order valence-corrected chi connectivity index (χ1v) is 7.06. The fourth-order valence-electron chi connectivity index (χ4n) is 2.16. The maximum absolute atomic E-state index is 13.0. The van der Waals surface area contributed by atoms with E-state index in [2.05, 4.69) is 0 Å². The monoisotopic (exact) mass is 379 g/mol. The molecular formula is C15H20ClF6NO. The summed E-state index contributed by atoms with van der Waals surface area (Å²) in [5.41, 5.74) is 2.38. The van der Waals surface area contributed by atoms with Crippen LogP contribution in [0.25, 0.3) is 0 Å². The summed E-state index contributed by atoms with van der Waals surface area (Å²) in [7, 11) is 0. The number of alkyl halides is 6. The van der Waals surface area contributed by atoms with E-state index in [9.17, 15) is 31.4 Å². The molecule has 0 bridgehead atoms. The van der Waals surface area contributed by atoms with E-state index in [1.54, 1.807) is 0 Å². The summed E-state index contributed by atoms with van der Waals surface area (Å²) in [5, 5.41) is 9.93. The highest BCUT2D eigenvalue weighted by Crippen LogP contribution is 2.39. The molecule has 0 aliphatic heterocycles. The molecule has 0 unspecified atom stereocenters. The van der Waals surface area contributed by atoms with E-state index in [4.69, 9.17) is 5.73 Å².